The average Bonchev–Trinajstić information content (AvgIpc) is 3.11. The van der Waals surface area contributed by atoms with Crippen molar-refractivity contribution < 1.29 is 14.3 Å². The highest BCUT2D eigenvalue weighted by atomic mass is 32.1. The quantitative estimate of drug-likeness (QED) is 0.663. The van der Waals surface area contributed by atoms with Gasteiger partial charge in [-0.15, -0.1) is 11.3 Å². The van der Waals surface area contributed by atoms with Crippen LogP contribution in [0.4, 0.5) is 15.9 Å². The molecule has 2 heterocycles. The van der Waals surface area contributed by atoms with E-state index < -0.39 is 11.8 Å². The van der Waals surface area contributed by atoms with Crippen molar-refractivity contribution in [2.24, 2.45) is 0 Å². The van der Waals surface area contributed by atoms with Gasteiger partial charge in [-0.25, -0.2) is 14.4 Å². The topological polar surface area (TPSA) is 75.1 Å². The third kappa shape index (κ3) is 3.88. The number of hydrogen-bond acceptors (Lipinski definition) is 5. The van der Waals surface area contributed by atoms with Crippen molar-refractivity contribution in [3.8, 4) is 10.7 Å². The van der Waals surface area contributed by atoms with Crippen molar-refractivity contribution in [2.45, 2.75) is 26.7 Å². The molecule has 2 aromatic heterocycles. The number of rotatable bonds is 6. The van der Waals surface area contributed by atoms with Gasteiger partial charge in [0.1, 0.15) is 11.6 Å². The minimum atomic E-state index is -0.995. The van der Waals surface area contributed by atoms with Crippen molar-refractivity contribution in [2.75, 3.05) is 5.32 Å². The summed E-state index contributed by atoms with van der Waals surface area (Å²) in [6.45, 7) is 3.91. The van der Waals surface area contributed by atoms with Crippen LogP contribution < -0.4 is 5.32 Å². The van der Waals surface area contributed by atoms with Crippen molar-refractivity contribution in [3.63, 3.8) is 0 Å². The van der Waals surface area contributed by atoms with Crippen LogP contribution in [-0.4, -0.2) is 21.0 Å². The summed E-state index contributed by atoms with van der Waals surface area (Å²) in [5.74, 6) is -0.349. The fourth-order valence-corrected chi connectivity index (χ4v) is 3.37. The molecule has 26 heavy (non-hydrogen) atoms. The smallest absolute Gasteiger partial charge is 0.307 e. The number of nitrogens with zero attached hydrogens (tertiary/aromatic N) is 2. The average molecular weight is 371 g/mol. The van der Waals surface area contributed by atoms with E-state index in [1.54, 1.807) is 17.4 Å². The van der Waals surface area contributed by atoms with E-state index in [4.69, 9.17) is 5.11 Å². The highest BCUT2D eigenvalue weighted by molar-refractivity contribution is 7.13. The van der Waals surface area contributed by atoms with Crippen LogP contribution in [-0.2, 0) is 17.6 Å². The lowest BCUT2D eigenvalue weighted by Gasteiger charge is -2.14. The monoisotopic (exact) mass is 371 g/mol. The standard InChI is InChI=1S/C19H18FN3O2S/c1-3-13-11(2)21-19(16-5-4-8-26-16)23-18(13)22-15-7-6-12(9-14(15)20)10-17(24)25/h4-9H,3,10H2,1-2H3,(H,24,25)(H,21,22,23). The summed E-state index contributed by atoms with van der Waals surface area (Å²) in [6, 6.07) is 8.24. The van der Waals surface area contributed by atoms with E-state index in [9.17, 15) is 9.18 Å². The fourth-order valence-electron chi connectivity index (χ4n) is 2.71. The first-order valence-corrected chi connectivity index (χ1v) is 9.04. The molecule has 0 bridgehead atoms. The molecule has 1 aromatic carbocycles. The highest BCUT2D eigenvalue weighted by Crippen LogP contribution is 2.28. The number of carbonyl (C=O) groups is 1. The summed E-state index contributed by atoms with van der Waals surface area (Å²) < 4.78 is 14.4. The molecule has 0 fully saturated rings. The number of aryl methyl sites for hydroxylation is 1. The van der Waals surface area contributed by atoms with Gasteiger partial charge in [0.05, 0.1) is 17.0 Å². The lowest BCUT2D eigenvalue weighted by atomic mass is 10.1. The molecule has 0 aliphatic heterocycles. The number of carboxylic acid groups (broad SMARTS) is 1. The van der Waals surface area contributed by atoms with Crippen LogP contribution in [0.15, 0.2) is 35.7 Å². The van der Waals surface area contributed by atoms with Crippen molar-refractivity contribution in [1.82, 2.24) is 9.97 Å². The largest absolute Gasteiger partial charge is 0.481 e. The second-order valence-corrected chi connectivity index (χ2v) is 6.75. The zero-order valence-corrected chi connectivity index (χ0v) is 15.2. The van der Waals surface area contributed by atoms with Crippen LogP contribution in [0.25, 0.3) is 10.7 Å². The van der Waals surface area contributed by atoms with Crippen LogP contribution in [0, 0.1) is 12.7 Å². The molecule has 0 atom stereocenters. The number of hydrogen-bond donors (Lipinski definition) is 2. The van der Waals surface area contributed by atoms with Gasteiger partial charge in [0.2, 0.25) is 0 Å². The molecule has 7 heteroatoms. The fraction of sp³-hybridized carbons (Fsp3) is 0.211. The van der Waals surface area contributed by atoms with Crippen molar-refractivity contribution in [3.05, 3.63) is 58.3 Å². The second-order valence-electron chi connectivity index (χ2n) is 5.80. The Hall–Kier alpha value is -2.80. The molecule has 0 saturated heterocycles. The highest BCUT2D eigenvalue weighted by Gasteiger charge is 2.14. The molecule has 0 amide bonds. The van der Waals surface area contributed by atoms with E-state index in [0.717, 1.165) is 16.1 Å². The van der Waals surface area contributed by atoms with Crippen molar-refractivity contribution >= 4 is 28.8 Å². The number of thiophene rings is 1. The third-order valence-corrected chi connectivity index (χ3v) is 4.82. The Morgan fingerprint density at radius 2 is 2.12 bits per heavy atom. The van der Waals surface area contributed by atoms with Gasteiger partial charge < -0.3 is 10.4 Å². The molecule has 3 rings (SSSR count). The second kappa shape index (κ2) is 7.61. The normalized spacial score (nSPS) is 10.7. The molecule has 134 valence electrons. The molecule has 3 aromatic rings. The number of aliphatic carboxylic acids is 1. The number of aromatic nitrogens is 2. The van der Waals surface area contributed by atoms with Crippen LogP contribution in [0.2, 0.25) is 0 Å². The molecule has 0 unspecified atom stereocenters. The zero-order valence-electron chi connectivity index (χ0n) is 14.4. The predicted molar refractivity (Wildman–Crippen MR) is 100 cm³/mol. The van der Waals surface area contributed by atoms with Gasteiger partial charge in [-0.05, 0) is 42.5 Å². The van der Waals surface area contributed by atoms with E-state index >= 15 is 0 Å². The van der Waals surface area contributed by atoms with Crippen LogP contribution in [0.5, 0.6) is 0 Å². The third-order valence-electron chi connectivity index (χ3n) is 3.95. The molecule has 0 radical (unpaired) electrons. The molecule has 0 aliphatic rings. The molecular weight excluding hydrogens is 353 g/mol. The minimum Gasteiger partial charge on any atom is -0.481 e. The molecule has 5 nitrogen and oxygen atoms in total. The first-order valence-electron chi connectivity index (χ1n) is 8.16. The van der Waals surface area contributed by atoms with Crippen LogP contribution in [0.1, 0.15) is 23.7 Å². The van der Waals surface area contributed by atoms with Gasteiger partial charge in [-0.1, -0.05) is 19.1 Å². The zero-order chi connectivity index (χ0) is 18.7. The van der Waals surface area contributed by atoms with E-state index in [-0.39, 0.29) is 12.1 Å². The van der Waals surface area contributed by atoms with Gasteiger partial charge in [0.25, 0.3) is 0 Å². The summed E-state index contributed by atoms with van der Waals surface area (Å²) >= 11 is 1.54. The Morgan fingerprint density at radius 3 is 2.73 bits per heavy atom. The minimum absolute atomic E-state index is 0.216. The first-order chi connectivity index (χ1) is 12.5. The van der Waals surface area contributed by atoms with Crippen molar-refractivity contribution in [1.29, 1.82) is 0 Å². The van der Waals surface area contributed by atoms with E-state index in [1.807, 2.05) is 31.4 Å². The Morgan fingerprint density at radius 1 is 1.31 bits per heavy atom. The molecule has 0 saturated carbocycles. The van der Waals surface area contributed by atoms with E-state index in [2.05, 4.69) is 15.3 Å². The van der Waals surface area contributed by atoms with Gasteiger partial charge in [-0.3, -0.25) is 4.79 Å². The van der Waals surface area contributed by atoms with E-state index in [0.29, 0.717) is 23.6 Å². The molecule has 2 N–H and O–H groups in total. The summed E-state index contributed by atoms with van der Waals surface area (Å²) in [6.07, 6.45) is 0.490. The van der Waals surface area contributed by atoms with E-state index in [1.165, 1.54) is 12.1 Å². The lowest BCUT2D eigenvalue weighted by molar-refractivity contribution is -0.136. The maximum absolute atomic E-state index is 14.4. The summed E-state index contributed by atoms with van der Waals surface area (Å²) in [4.78, 5) is 20.9. The maximum Gasteiger partial charge on any atom is 0.307 e. The Balaban J connectivity index is 1.97. The van der Waals surface area contributed by atoms with Gasteiger partial charge in [0, 0.05) is 11.3 Å². The number of anilines is 2. The number of nitrogens with one attached hydrogen (secondary N) is 1. The molecular formula is C19H18FN3O2S. The summed E-state index contributed by atoms with van der Waals surface area (Å²) in [5, 5.41) is 13.8. The Kier molecular flexibility index (Phi) is 5.27. The number of halogens is 1. The predicted octanol–water partition coefficient (Wildman–Crippen LogP) is 4.59. The SMILES string of the molecule is CCc1c(C)nc(-c2cccs2)nc1Nc1ccc(CC(=O)O)cc1F. The van der Waals surface area contributed by atoms with Gasteiger partial charge >= 0.3 is 5.97 Å². The van der Waals surface area contributed by atoms with Crippen LogP contribution >= 0.6 is 11.3 Å². The number of benzene rings is 1. The van der Waals surface area contributed by atoms with Gasteiger partial charge in [0.15, 0.2) is 5.82 Å². The first kappa shape index (κ1) is 18.0. The lowest BCUT2D eigenvalue weighted by Crippen LogP contribution is -2.06. The number of carboxylic acids is 1. The van der Waals surface area contributed by atoms with Crippen LogP contribution in [0.3, 0.4) is 0 Å². The summed E-state index contributed by atoms with van der Waals surface area (Å²) in [5.41, 5.74) is 2.43. The Labute approximate surface area is 154 Å². The maximum atomic E-state index is 14.4. The molecule has 0 spiro atoms. The molecule has 0 aliphatic carbocycles. The Bertz CT molecular complexity index is 942. The summed E-state index contributed by atoms with van der Waals surface area (Å²) in [7, 11) is 0. The van der Waals surface area contributed by atoms with Gasteiger partial charge in [-0.2, -0.15) is 0 Å².